The SMILES string of the molecule is CC1=C(C)SC(=C2SC(C)=C(C)S2)S1.O=[N+]([O-])c1ccc([N+](=O)[O-])cc1. The van der Waals surface area contributed by atoms with Crippen LogP contribution in [-0.2, 0) is 0 Å². The molecular formula is C16H16N2O4S4. The highest BCUT2D eigenvalue weighted by Crippen LogP contribution is 2.59. The molecule has 0 spiro atoms. The Kier molecular flexibility index (Phi) is 7.27. The minimum Gasteiger partial charge on any atom is -0.258 e. The zero-order valence-corrected chi connectivity index (χ0v) is 17.7. The molecule has 0 fully saturated rings. The number of rotatable bonds is 2. The average Bonchev–Trinajstić information content (AvgIpc) is 3.10. The van der Waals surface area contributed by atoms with Crippen LogP contribution >= 0.6 is 47.0 Å². The summed E-state index contributed by atoms with van der Waals surface area (Å²) in [4.78, 5) is 24.9. The standard InChI is InChI=1S/C10H12S4.C6H4N2O4/c1-5-6(2)12-9(11-5)10-13-7(3)8(4)14-10;9-7(10)5-1-2-6(4-3-5)8(11)12/h1-4H3;1-4H. The van der Waals surface area contributed by atoms with Crippen LogP contribution in [0, 0.1) is 20.2 Å². The molecular weight excluding hydrogens is 412 g/mol. The van der Waals surface area contributed by atoms with Crippen molar-refractivity contribution in [2.24, 2.45) is 0 Å². The number of allylic oxidation sites excluding steroid dienone is 4. The number of benzene rings is 1. The van der Waals surface area contributed by atoms with Crippen LogP contribution in [0.15, 0.2) is 52.4 Å². The number of thioether (sulfide) groups is 4. The van der Waals surface area contributed by atoms with Gasteiger partial charge in [0.1, 0.15) is 0 Å². The second-order valence-electron chi connectivity index (χ2n) is 5.24. The lowest BCUT2D eigenvalue weighted by Crippen LogP contribution is -1.90. The van der Waals surface area contributed by atoms with E-state index in [9.17, 15) is 20.2 Å². The zero-order valence-electron chi connectivity index (χ0n) is 14.5. The molecule has 0 atom stereocenters. The number of hydrogen-bond donors (Lipinski definition) is 0. The Balaban J connectivity index is 0.000000190. The van der Waals surface area contributed by atoms with E-state index in [0.717, 1.165) is 24.3 Å². The molecule has 2 aliphatic rings. The van der Waals surface area contributed by atoms with Crippen molar-refractivity contribution in [1.82, 2.24) is 0 Å². The van der Waals surface area contributed by atoms with Gasteiger partial charge in [-0.25, -0.2) is 0 Å². The molecule has 0 bridgehead atoms. The highest BCUT2D eigenvalue weighted by Gasteiger charge is 2.23. The Labute approximate surface area is 168 Å². The van der Waals surface area contributed by atoms with E-state index in [1.54, 1.807) is 0 Å². The van der Waals surface area contributed by atoms with Crippen molar-refractivity contribution < 1.29 is 9.85 Å². The molecule has 3 rings (SSSR count). The second kappa shape index (κ2) is 9.03. The summed E-state index contributed by atoms with van der Waals surface area (Å²) in [6, 6.07) is 4.38. The van der Waals surface area contributed by atoms with E-state index in [1.807, 2.05) is 47.0 Å². The second-order valence-corrected chi connectivity index (χ2v) is 10.7. The maximum absolute atomic E-state index is 10.1. The highest BCUT2D eigenvalue weighted by molar-refractivity contribution is 8.34. The average molecular weight is 429 g/mol. The monoisotopic (exact) mass is 428 g/mol. The molecule has 138 valence electrons. The molecule has 0 N–H and O–H groups in total. The summed E-state index contributed by atoms with van der Waals surface area (Å²) in [6.07, 6.45) is 0. The van der Waals surface area contributed by atoms with Crippen LogP contribution in [0.5, 0.6) is 0 Å². The molecule has 0 saturated heterocycles. The van der Waals surface area contributed by atoms with Gasteiger partial charge in [-0.15, -0.1) is 0 Å². The van der Waals surface area contributed by atoms with E-state index in [-0.39, 0.29) is 11.4 Å². The van der Waals surface area contributed by atoms with Crippen molar-refractivity contribution in [2.75, 3.05) is 0 Å². The van der Waals surface area contributed by atoms with Crippen LogP contribution in [0.25, 0.3) is 0 Å². The highest BCUT2D eigenvalue weighted by atomic mass is 32.2. The van der Waals surface area contributed by atoms with Crippen LogP contribution in [0.2, 0.25) is 0 Å². The smallest absolute Gasteiger partial charge is 0.258 e. The van der Waals surface area contributed by atoms with Crippen molar-refractivity contribution in [3.63, 3.8) is 0 Å². The summed E-state index contributed by atoms with van der Waals surface area (Å²) in [7, 11) is 0. The number of hydrogen-bond acceptors (Lipinski definition) is 8. The van der Waals surface area contributed by atoms with Crippen LogP contribution in [0.4, 0.5) is 11.4 Å². The fraction of sp³-hybridized carbons (Fsp3) is 0.250. The topological polar surface area (TPSA) is 86.3 Å². The molecule has 2 heterocycles. The lowest BCUT2D eigenvalue weighted by Gasteiger charge is -2.00. The third kappa shape index (κ3) is 5.32. The largest absolute Gasteiger partial charge is 0.269 e. The maximum Gasteiger partial charge on any atom is 0.269 e. The van der Waals surface area contributed by atoms with E-state index in [1.165, 1.54) is 28.1 Å². The first-order valence-corrected chi connectivity index (χ1v) is 10.6. The van der Waals surface area contributed by atoms with Gasteiger partial charge in [0.25, 0.3) is 11.4 Å². The molecule has 0 aliphatic carbocycles. The van der Waals surface area contributed by atoms with Crippen LogP contribution in [0.3, 0.4) is 0 Å². The first kappa shape index (κ1) is 20.9. The van der Waals surface area contributed by atoms with Crippen molar-refractivity contribution >= 4 is 58.4 Å². The lowest BCUT2D eigenvalue weighted by atomic mass is 10.3. The molecule has 2 aliphatic heterocycles. The number of nitro benzene ring substituents is 2. The Bertz CT molecular complexity index is 743. The normalized spacial score (nSPS) is 16.8. The summed E-state index contributed by atoms with van der Waals surface area (Å²) in [5.74, 6) is 0. The van der Waals surface area contributed by atoms with E-state index in [0.29, 0.717) is 0 Å². The first-order chi connectivity index (χ1) is 12.2. The molecule has 10 heteroatoms. The fourth-order valence-electron chi connectivity index (χ4n) is 1.75. The quantitative estimate of drug-likeness (QED) is 0.365. The van der Waals surface area contributed by atoms with Crippen LogP contribution in [-0.4, -0.2) is 9.85 Å². The molecule has 26 heavy (non-hydrogen) atoms. The third-order valence-electron chi connectivity index (χ3n) is 3.41. The predicted molar refractivity (Wildman–Crippen MR) is 114 cm³/mol. The number of nitro groups is 2. The van der Waals surface area contributed by atoms with E-state index >= 15 is 0 Å². The molecule has 0 aromatic heterocycles. The Morgan fingerprint density at radius 3 is 1.04 bits per heavy atom. The Morgan fingerprint density at radius 2 is 0.846 bits per heavy atom. The molecule has 0 saturated carbocycles. The molecule has 6 nitrogen and oxygen atoms in total. The van der Waals surface area contributed by atoms with E-state index in [2.05, 4.69) is 27.7 Å². The van der Waals surface area contributed by atoms with Gasteiger partial charge >= 0.3 is 0 Å². The summed E-state index contributed by atoms with van der Waals surface area (Å²) >= 11 is 7.72. The Hall–Kier alpha value is -1.36. The van der Waals surface area contributed by atoms with Crippen LogP contribution < -0.4 is 0 Å². The van der Waals surface area contributed by atoms with Crippen molar-refractivity contribution in [2.45, 2.75) is 27.7 Å². The minimum absolute atomic E-state index is 0.152. The summed E-state index contributed by atoms with van der Waals surface area (Å²) < 4.78 is 2.96. The van der Waals surface area contributed by atoms with Gasteiger partial charge in [0, 0.05) is 24.3 Å². The Morgan fingerprint density at radius 1 is 0.615 bits per heavy atom. The predicted octanol–water partition coefficient (Wildman–Crippen LogP) is 7.08. The van der Waals surface area contributed by atoms with Gasteiger partial charge in [0.2, 0.25) is 0 Å². The number of non-ortho nitro benzene ring substituents is 2. The van der Waals surface area contributed by atoms with Gasteiger partial charge in [0.05, 0.1) is 18.3 Å². The van der Waals surface area contributed by atoms with E-state index in [4.69, 9.17) is 0 Å². The van der Waals surface area contributed by atoms with Crippen molar-refractivity contribution in [1.29, 1.82) is 0 Å². The van der Waals surface area contributed by atoms with Crippen molar-refractivity contribution in [3.8, 4) is 0 Å². The summed E-state index contributed by atoms with van der Waals surface area (Å²) in [5.41, 5.74) is -0.304. The molecule has 1 aromatic rings. The first-order valence-electron chi connectivity index (χ1n) is 7.38. The van der Waals surface area contributed by atoms with Gasteiger partial charge in [-0.05, 0) is 47.3 Å². The lowest BCUT2D eigenvalue weighted by molar-refractivity contribution is -0.389. The van der Waals surface area contributed by atoms with Gasteiger partial charge in [-0.3, -0.25) is 20.2 Å². The zero-order chi connectivity index (χ0) is 19.4. The summed E-state index contributed by atoms with van der Waals surface area (Å²) in [5, 5.41) is 20.2. The van der Waals surface area contributed by atoms with Crippen LogP contribution in [0.1, 0.15) is 27.7 Å². The van der Waals surface area contributed by atoms with Gasteiger partial charge in [0.15, 0.2) is 0 Å². The van der Waals surface area contributed by atoms with E-state index < -0.39 is 9.85 Å². The van der Waals surface area contributed by atoms with Crippen molar-refractivity contribution in [3.05, 3.63) is 72.6 Å². The molecule has 0 radical (unpaired) electrons. The fourth-order valence-corrected chi connectivity index (χ4v) is 7.10. The van der Waals surface area contributed by atoms with Gasteiger partial charge < -0.3 is 0 Å². The number of nitrogens with zero attached hydrogens (tertiary/aromatic N) is 2. The van der Waals surface area contributed by atoms with Gasteiger partial charge in [-0.2, -0.15) is 0 Å². The minimum atomic E-state index is -0.607. The molecule has 0 amide bonds. The molecule has 1 aromatic carbocycles. The maximum atomic E-state index is 10.1. The summed E-state index contributed by atoms with van der Waals surface area (Å²) in [6.45, 7) is 8.83. The van der Waals surface area contributed by atoms with Gasteiger partial charge in [-0.1, -0.05) is 47.0 Å². The molecule has 0 unspecified atom stereocenters. The third-order valence-corrected chi connectivity index (χ3v) is 9.20.